The van der Waals surface area contributed by atoms with Crippen LogP contribution in [-0.2, 0) is 33.6 Å². The van der Waals surface area contributed by atoms with Crippen LogP contribution in [0.15, 0.2) is 0 Å². The highest BCUT2D eigenvalue weighted by Gasteiger charge is 2.30. The van der Waals surface area contributed by atoms with Gasteiger partial charge in [-0.1, -0.05) is 0 Å². The SMILES string of the molecule is NCC(=O)N[C@@H](CC(=O)O)C(=O)N[C@@H](CO)C(=O)N[C@@H](CCC(N)=O)C(=O)NCC(=O)O. The van der Waals surface area contributed by atoms with Gasteiger partial charge in [0, 0.05) is 6.42 Å². The Morgan fingerprint density at radius 2 is 1.34 bits per heavy atom. The van der Waals surface area contributed by atoms with E-state index in [-0.39, 0.29) is 12.8 Å². The van der Waals surface area contributed by atoms with E-state index in [9.17, 15) is 38.7 Å². The summed E-state index contributed by atoms with van der Waals surface area (Å²) in [7, 11) is 0. The Morgan fingerprint density at radius 3 is 1.81 bits per heavy atom. The quantitative estimate of drug-likeness (QED) is 0.110. The van der Waals surface area contributed by atoms with Gasteiger partial charge < -0.3 is 48.1 Å². The van der Waals surface area contributed by atoms with E-state index in [1.54, 1.807) is 0 Å². The number of rotatable bonds is 15. The zero-order valence-corrected chi connectivity index (χ0v) is 16.8. The molecule has 0 aromatic carbocycles. The first-order valence-electron chi connectivity index (χ1n) is 9.11. The number of aliphatic hydroxyl groups excluding tert-OH is 1. The number of hydrogen-bond donors (Lipinski definition) is 9. The maximum absolute atomic E-state index is 12.4. The summed E-state index contributed by atoms with van der Waals surface area (Å²) < 4.78 is 0. The lowest BCUT2D eigenvalue weighted by atomic mass is 10.1. The van der Waals surface area contributed by atoms with Crippen LogP contribution >= 0.6 is 0 Å². The largest absolute Gasteiger partial charge is 0.481 e. The third-order valence-electron chi connectivity index (χ3n) is 3.76. The average molecular weight is 462 g/mol. The normalized spacial score (nSPS) is 13.1. The lowest BCUT2D eigenvalue weighted by Crippen LogP contribution is -2.58. The van der Waals surface area contributed by atoms with Crippen molar-refractivity contribution < 1.29 is 48.9 Å². The Balaban J connectivity index is 5.31. The fraction of sp³-hybridized carbons (Fsp3) is 0.562. The highest BCUT2D eigenvalue weighted by molar-refractivity contribution is 5.96. The van der Waals surface area contributed by atoms with Gasteiger partial charge in [0.25, 0.3) is 0 Å². The fourth-order valence-corrected chi connectivity index (χ4v) is 2.22. The number of carbonyl (C=O) groups is 7. The molecule has 16 nitrogen and oxygen atoms in total. The van der Waals surface area contributed by atoms with E-state index in [2.05, 4.69) is 5.32 Å². The van der Waals surface area contributed by atoms with Crippen LogP contribution in [0.3, 0.4) is 0 Å². The standard InChI is InChI=1S/C16H26N6O10/c17-4-11(25)20-8(3-12(26)27)15(31)22-9(6-23)16(32)21-7(1-2-10(18)24)14(30)19-5-13(28)29/h7-9,23H,1-6,17H2,(H2,18,24)(H,19,30)(H,20,25)(H,21,32)(H,22,31)(H,26,27)(H,28,29)/t7-,8-,9-/m0/s1. The Hall–Kier alpha value is -3.79. The molecule has 0 rings (SSSR count). The third-order valence-corrected chi connectivity index (χ3v) is 3.76. The molecule has 0 saturated heterocycles. The number of aliphatic hydroxyl groups is 1. The molecule has 0 aliphatic heterocycles. The van der Waals surface area contributed by atoms with Gasteiger partial charge in [-0.05, 0) is 6.42 Å². The summed E-state index contributed by atoms with van der Waals surface area (Å²) in [6, 6.07) is -4.74. The smallest absolute Gasteiger partial charge is 0.322 e. The van der Waals surface area contributed by atoms with Crippen molar-refractivity contribution in [2.75, 3.05) is 19.7 Å². The molecule has 0 aromatic heterocycles. The number of hydrogen-bond acceptors (Lipinski definition) is 9. The zero-order valence-electron chi connectivity index (χ0n) is 16.8. The Kier molecular flexibility index (Phi) is 12.6. The molecule has 0 aromatic rings. The molecular weight excluding hydrogens is 436 g/mol. The minimum Gasteiger partial charge on any atom is -0.481 e. The molecule has 0 heterocycles. The summed E-state index contributed by atoms with van der Waals surface area (Å²) in [5.74, 6) is -7.69. The average Bonchev–Trinajstić information content (AvgIpc) is 2.71. The van der Waals surface area contributed by atoms with Gasteiger partial charge in [0.1, 0.15) is 24.7 Å². The number of nitrogens with two attached hydrogens (primary N) is 2. The molecule has 0 fully saturated rings. The van der Waals surface area contributed by atoms with Gasteiger partial charge in [0.2, 0.25) is 29.5 Å². The molecule has 16 heteroatoms. The van der Waals surface area contributed by atoms with Gasteiger partial charge >= 0.3 is 11.9 Å². The topological polar surface area (TPSA) is 280 Å². The van der Waals surface area contributed by atoms with Crippen LogP contribution in [0.2, 0.25) is 0 Å². The molecule has 0 bridgehead atoms. The number of aliphatic carboxylic acids is 2. The lowest BCUT2D eigenvalue weighted by Gasteiger charge is -2.23. The van der Waals surface area contributed by atoms with Crippen molar-refractivity contribution in [2.45, 2.75) is 37.4 Å². The molecule has 0 saturated carbocycles. The first-order chi connectivity index (χ1) is 14.9. The highest BCUT2D eigenvalue weighted by atomic mass is 16.4. The molecule has 5 amide bonds. The minimum absolute atomic E-state index is 0.313. The van der Waals surface area contributed by atoms with Crippen molar-refractivity contribution in [3.05, 3.63) is 0 Å². The van der Waals surface area contributed by atoms with E-state index < -0.39 is 85.7 Å². The predicted molar refractivity (Wildman–Crippen MR) is 103 cm³/mol. The molecule has 32 heavy (non-hydrogen) atoms. The molecule has 180 valence electrons. The van der Waals surface area contributed by atoms with Crippen LogP contribution in [0.5, 0.6) is 0 Å². The fourth-order valence-electron chi connectivity index (χ4n) is 2.22. The number of carboxylic acids is 2. The highest BCUT2D eigenvalue weighted by Crippen LogP contribution is 2.00. The van der Waals surface area contributed by atoms with Crippen LogP contribution in [-0.4, -0.2) is 94.6 Å². The number of primary amides is 1. The van der Waals surface area contributed by atoms with Crippen molar-refractivity contribution in [3.8, 4) is 0 Å². The summed E-state index contributed by atoms with van der Waals surface area (Å²) in [5.41, 5.74) is 10.1. The van der Waals surface area contributed by atoms with Gasteiger partial charge in [-0.3, -0.25) is 33.6 Å². The Morgan fingerprint density at radius 1 is 0.781 bits per heavy atom. The lowest BCUT2D eigenvalue weighted by molar-refractivity contribution is -0.141. The summed E-state index contributed by atoms with van der Waals surface area (Å²) in [5, 5.41) is 35.1. The first-order valence-corrected chi connectivity index (χ1v) is 9.11. The zero-order chi connectivity index (χ0) is 24.8. The molecule has 0 unspecified atom stereocenters. The molecule has 11 N–H and O–H groups in total. The molecule has 0 aliphatic carbocycles. The molecule has 0 radical (unpaired) electrons. The van der Waals surface area contributed by atoms with Crippen molar-refractivity contribution >= 4 is 41.5 Å². The van der Waals surface area contributed by atoms with Crippen molar-refractivity contribution in [2.24, 2.45) is 11.5 Å². The van der Waals surface area contributed by atoms with Crippen molar-refractivity contribution in [1.82, 2.24) is 21.3 Å². The van der Waals surface area contributed by atoms with Gasteiger partial charge in [0.15, 0.2) is 0 Å². The van der Waals surface area contributed by atoms with Crippen molar-refractivity contribution in [1.29, 1.82) is 0 Å². The van der Waals surface area contributed by atoms with E-state index in [4.69, 9.17) is 21.7 Å². The second kappa shape index (κ2) is 14.3. The maximum Gasteiger partial charge on any atom is 0.322 e. The van der Waals surface area contributed by atoms with Crippen LogP contribution in [0, 0.1) is 0 Å². The first kappa shape index (κ1) is 28.2. The van der Waals surface area contributed by atoms with Gasteiger partial charge in [0.05, 0.1) is 19.6 Å². The minimum atomic E-state index is -1.68. The second-order valence-corrected chi connectivity index (χ2v) is 6.34. The van der Waals surface area contributed by atoms with E-state index in [1.807, 2.05) is 16.0 Å². The third kappa shape index (κ3) is 11.4. The summed E-state index contributed by atoms with van der Waals surface area (Å²) in [6.45, 7) is -2.30. The second-order valence-electron chi connectivity index (χ2n) is 6.34. The Bertz CT molecular complexity index is 743. The molecule has 0 spiro atoms. The van der Waals surface area contributed by atoms with Crippen LogP contribution in [0.25, 0.3) is 0 Å². The number of nitrogens with one attached hydrogen (secondary N) is 4. The van der Waals surface area contributed by atoms with Gasteiger partial charge in [-0.25, -0.2) is 0 Å². The van der Waals surface area contributed by atoms with Crippen molar-refractivity contribution in [3.63, 3.8) is 0 Å². The van der Waals surface area contributed by atoms with Crippen LogP contribution < -0.4 is 32.7 Å². The van der Waals surface area contributed by atoms with E-state index in [1.165, 1.54) is 0 Å². The van der Waals surface area contributed by atoms with E-state index in [0.717, 1.165) is 0 Å². The summed E-state index contributed by atoms with van der Waals surface area (Å²) in [4.78, 5) is 80.7. The predicted octanol–water partition coefficient (Wildman–Crippen LogP) is -5.67. The van der Waals surface area contributed by atoms with Crippen LogP contribution in [0.1, 0.15) is 19.3 Å². The molecule has 0 aliphatic rings. The number of amides is 5. The Labute approximate surface area is 181 Å². The van der Waals surface area contributed by atoms with Crippen LogP contribution in [0.4, 0.5) is 0 Å². The monoisotopic (exact) mass is 462 g/mol. The summed E-state index contributed by atoms with van der Waals surface area (Å²) >= 11 is 0. The van der Waals surface area contributed by atoms with E-state index in [0.29, 0.717) is 0 Å². The number of carboxylic acid groups (broad SMARTS) is 2. The van der Waals surface area contributed by atoms with Gasteiger partial charge in [-0.2, -0.15) is 0 Å². The van der Waals surface area contributed by atoms with Gasteiger partial charge in [-0.15, -0.1) is 0 Å². The molecular formula is C16H26N6O10. The number of carbonyl (C=O) groups excluding carboxylic acids is 5. The van der Waals surface area contributed by atoms with E-state index >= 15 is 0 Å². The summed E-state index contributed by atoms with van der Waals surface area (Å²) in [6.07, 6.45) is -1.52. The maximum atomic E-state index is 12.4. The molecule has 3 atom stereocenters.